The summed E-state index contributed by atoms with van der Waals surface area (Å²) in [5, 5.41) is 7.46. The van der Waals surface area contributed by atoms with E-state index in [0.29, 0.717) is 12.1 Å². The maximum atomic E-state index is 12.3. The SMILES string of the molecule is O=C(NCC1CCCO1)c1ccn2nc(-c3cccnc3)cc2c1. The molecule has 0 radical (unpaired) electrons. The predicted molar refractivity (Wildman–Crippen MR) is 89.7 cm³/mol. The number of hydrogen-bond acceptors (Lipinski definition) is 4. The lowest BCUT2D eigenvalue weighted by molar-refractivity contribution is 0.0858. The van der Waals surface area contributed by atoms with E-state index in [0.717, 1.165) is 36.2 Å². The quantitative estimate of drug-likeness (QED) is 0.800. The van der Waals surface area contributed by atoms with Gasteiger partial charge >= 0.3 is 0 Å². The smallest absolute Gasteiger partial charge is 0.251 e. The number of nitrogens with zero attached hydrogens (tertiary/aromatic N) is 3. The van der Waals surface area contributed by atoms with Gasteiger partial charge < -0.3 is 10.1 Å². The van der Waals surface area contributed by atoms with Crippen LogP contribution in [0.5, 0.6) is 0 Å². The largest absolute Gasteiger partial charge is 0.376 e. The molecule has 0 aliphatic carbocycles. The molecule has 1 N–H and O–H groups in total. The Hall–Kier alpha value is -2.73. The lowest BCUT2D eigenvalue weighted by Crippen LogP contribution is -2.31. The van der Waals surface area contributed by atoms with Gasteiger partial charge in [-0.15, -0.1) is 0 Å². The van der Waals surface area contributed by atoms with Crippen molar-refractivity contribution in [2.45, 2.75) is 18.9 Å². The van der Waals surface area contributed by atoms with Crippen molar-refractivity contribution in [1.82, 2.24) is 19.9 Å². The van der Waals surface area contributed by atoms with Gasteiger partial charge in [0.05, 0.1) is 17.3 Å². The second-order valence-electron chi connectivity index (χ2n) is 5.90. The lowest BCUT2D eigenvalue weighted by Gasteiger charge is -2.10. The highest BCUT2D eigenvalue weighted by molar-refractivity contribution is 5.95. The average molecular weight is 322 g/mol. The van der Waals surface area contributed by atoms with Gasteiger partial charge in [-0.1, -0.05) is 0 Å². The third kappa shape index (κ3) is 3.00. The van der Waals surface area contributed by atoms with Gasteiger partial charge in [0.15, 0.2) is 0 Å². The zero-order chi connectivity index (χ0) is 16.4. The number of ether oxygens (including phenoxy) is 1. The Labute approximate surface area is 139 Å². The molecule has 0 spiro atoms. The van der Waals surface area contributed by atoms with Gasteiger partial charge in [0.2, 0.25) is 0 Å². The van der Waals surface area contributed by atoms with Crippen LogP contribution in [0.1, 0.15) is 23.2 Å². The van der Waals surface area contributed by atoms with E-state index in [2.05, 4.69) is 15.4 Å². The van der Waals surface area contributed by atoms with E-state index in [1.807, 2.05) is 24.3 Å². The predicted octanol–water partition coefficient (Wildman–Crippen LogP) is 2.31. The van der Waals surface area contributed by atoms with Crippen LogP contribution in [0.4, 0.5) is 0 Å². The van der Waals surface area contributed by atoms with E-state index < -0.39 is 0 Å². The van der Waals surface area contributed by atoms with E-state index in [-0.39, 0.29) is 12.0 Å². The minimum Gasteiger partial charge on any atom is -0.376 e. The van der Waals surface area contributed by atoms with Crippen LogP contribution in [0.15, 0.2) is 48.9 Å². The van der Waals surface area contributed by atoms with Crippen LogP contribution >= 0.6 is 0 Å². The topological polar surface area (TPSA) is 68.5 Å². The van der Waals surface area contributed by atoms with Crippen LogP contribution in [-0.2, 0) is 4.74 Å². The van der Waals surface area contributed by atoms with Gasteiger partial charge in [0.1, 0.15) is 0 Å². The molecule has 0 aromatic carbocycles. The fraction of sp³-hybridized carbons (Fsp3) is 0.278. The molecule has 1 atom stereocenters. The Bertz CT molecular complexity index is 854. The maximum absolute atomic E-state index is 12.3. The van der Waals surface area contributed by atoms with Crippen LogP contribution in [0.2, 0.25) is 0 Å². The standard InChI is InChI=1S/C18H18N4O2/c23-18(20-12-16-4-2-8-24-16)13-5-7-22-15(9-13)10-17(21-22)14-3-1-6-19-11-14/h1,3,5-7,9-11,16H,2,4,8,12H2,(H,20,23). The van der Waals surface area contributed by atoms with E-state index in [1.54, 1.807) is 29.2 Å². The summed E-state index contributed by atoms with van der Waals surface area (Å²) >= 11 is 0. The van der Waals surface area contributed by atoms with Crippen molar-refractivity contribution < 1.29 is 9.53 Å². The number of nitrogens with one attached hydrogen (secondary N) is 1. The third-order valence-corrected chi connectivity index (χ3v) is 4.20. The van der Waals surface area contributed by atoms with Crippen LogP contribution in [0.25, 0.3) is 16.8 Å². The second kappa shape index (κ2) is 6.41. The highest BCUT2D eigenvalue weighted by atomic mass is 16.5. The molecular weight excluding hydrogens is 304 g/mol. The number of fused-ring (bicyclic) bond motifs is 1. The molecule has 1 aliphatic rings. The Morgan fingerprint density at radius 2 is 2.33 bits per heavy atom. The molecule has 122 valence electrons. The molecule has 24 heavy (non-hydrogen) atoms. The van der Waals surface area contributed by atoms with Crippen LogP contribution in [-0.4, -0.2) is 39.8 Å². The molecule has 0 saturated carbocycles. The zero-order valence-electron chi connectivity index (χ0n) is 13.2. The van der Waals surface area contributed by atoms with E-state index in [1.165, 1.54) is 0 Å². The van der Waals surface area contributed by atoms with E-state index in [9.17, 15) is 4.79 Å². The molecule has 4 heterocycles. The molecule has 1 aliphatic heterocycles. The highest BCUT2D eigenvalue weighted by Gasteiger charge is 2.17. The average Bonchev–Trinajstić information content (AvgIpc) is 3.29. The summed E-state index contributed by atoms with van der Waals surface area (Å²) in [4.78, 5) is 16.4. The summed E-state index contributed by atoms with van der Waals surface area (Å²) in [6, 6.07) is 9.41. The third-order valence-electron chi connectivity index (χ3n) is 4.20. The molecule has 1 unspecified atom stereocenters. The van der Waals surface area contributed by atoms with Gasteiger partial charge in [-0.05, 0) is 43.2 Å². The van der Waals surface area contributed by atoms with Crippen LogP contribution in [0.3, 0.4) is 0 Å². The van der Waals surface area contributed by atoms with Gasteiger partial charge in [-0.2, -0.15) is 5.10 Å². The zero-order valence-corrected chi connectivity index (χ0v) is 13.2. The summed E-state index contributed by atoms with van der Waals surface area (Å²) in [6.07, 6.45) is 7.53. The first kappa shape index (κ1) is 14.8. The van der Waals surface area contributed by atoms with Gasteiger partial charge in [-0.3, -0.25) is 9.78 Å². The van der Waals surface area contributed by atoms with Crippen molar-refractivity contribution in [2.75, 3.05) is 13.2 Å². The number of rotatable bonds is 4. The van der Waals surface area contributed by atoms with Crippen LogP contribution < -0.4 is 5.32 Å². The summed E-state index contributed by atoms with van der Waals surface area (Å²) < 4.78 is 7.29. The van der Waals surface area contributed by atoms with E-state index >= 15 is 0 Å². The summed E-state index contributed by atoms with van der Waals surface area (Å²) in [6.45, 7) is 1.35. The summed E-state index contributed by atoms with van der Waals surface area (Å²) in [5.74, 6) is -0.0860. The number of carbonyl (C=O) groups excluding carboxylic acids is 1. The first-order valence-electron chi connectivity index (χ1n) is 8.09. The summed E-state index contributed by atoms with van der Waals surface area (Å²) in [7, 11) is 0. The second-order valence-corrected chi connectivity index (χ2v) is 5.90. The number of amides is 1. The Balaban J connectivity index is 1.53. The van der Waals surface area contributed by atoms with Crippen LogP contribution in [0, 0.1) is 0 Å². The monoisotopic (exact) mass is 322 g/mol. The fourth-order valence-electron chi connectivity index (χ4n) is 2.90. The first-order chi connectivity index (χ1) is 11.8. The molecule has 1 saturated heterocycles. The Morgan fingerprint density at radius 3 is 3.12 bits per heavy atom. The first-order valence-corrected chi connectivity index (χ1v) is 8.09. The van der Waals surface area contributed by atoms with Gasteiger partial charge in [0, 0.05) is 42.9 Å². The number of aromatic nitrogens is 3. The van der Waals surface area contributed by atoms with Crippen molar-refractivity contribution >= 4 is 11.4 Å². The van der Waals surface area contributed by atoms with E-state index in [4.69, 9.17) is 4.74 Å². The normalized spacial score (nSPS) is 17.2. The molecule has 6 nitrogen and oxygen atoms in total. The molecule has 6 heteroatoms. The Morgan fingerprint density at radius 1 is 1.38 bits per heavy atom. The van der Waals surface area contributed by atoms with Gasteiger partial charge in [0.25, 0.3) is 5.91 Å². The Kier molecular flexibility index (Phi) is 3.96. The maximum Gasteiger partial charge on any atom is 0.251 e. The molecule has 1 amide bonds. The van der Waals surface area contributed by atoms with Crippen molar-refractivity contribution in [1.29, 1.82) is 0 Å². The molecule has 4 rings (SSSR count). The van der Waals surface area contributed by atoms with Crippen molar-refractivity contribution in [2.24, 2.45) is 0 Å². The van der Waals surface area contributed by atoms with Crippen molar-refractivity contribution in [3.63, 3.8) is 0 Å². The van der Waals surface area contributed by atoms with Gasteiger partial charge in [-0.25, -0.2) is 4.52 Å². The highest BCUT2D eigenvalue weighted by Crippen LogP contribution is 2.19. The minimum absolute atomic E-state index is 0.0860. The lowest BCUT2D eigenvalue weighted by atomic mass is 10.2. The summed E-state index contributed by atoms with van der Waals surface area (Å²) in [5.41, 5.74) is 3.28. The number of hydrogen-bond donors (Lipinski definition) is 1. The molecule has 3 aromatic heterocycles. The molecular formula is C18H18N4O2. The minimum atomic E-state index is -0.0860. The number of pyridine rings is 2. The number of carbonyl (C=O) groups is 1. The van der Waals surface area contributed by atoms with Crippen molar-refractivity contribution in [3.8, 4) is 11.3 Å². The van der Waals surface area contributed by atoms with Crippen molar-refractivity contribution in [3.05, 3.63) is 54.5 Å². The molecule has 1 fully saturated rings. The molecule has 0 bridgehead atoms. The molecule has 3 aromatic rings. The fourth-order valence-corrected chi connectivity index (χ4v) is 2.90.